The van der Waals surface area contributed by atoms with Gasteiger partial charge in [0.15, 0.2) is 0 Å². The average molecular weight is 355 g/mol. The van der Waals surface area contributed by atoms with E-state index in [1.54, 1.807) is 0 Å². The van der Waals surface area contributed by atoms with Gasteiger partial charge in [0.2, 0.25) is 11.8 Å². The third-order valence-electron chi connectivity index (χ3n) is 6.18. The lowest BCUT2D eigenvalue weighted by molar-refractivity contribution is -0.140. The maximum atomic E-state index is 12.7. The van der Waals surface area contributed by atoms with E-state index in [1.807, 2.05) is 28.0 Å². The first kappa shape index (κ1) is 17.5. The van der Waals surface area contributed by atoms with Crippen LogP contribution in [0.4, 0.5) is 0 Å². The Morgan fingerprint density at radius 3 is 2.31 bits per heavy atom. The molecule has 3 fully saturated rings. The molecule has 2 saturated carbocycles. The predicted octanol–water partition coefficient (Wildman–Crippen LogP) is 1.99. The minimum absolute atomic E-state index is 0.142. The molecule has 2 amide bonds. The van der Waals surface area contributed by atoms with E-state index in [9.17, 15) is 9.59 Å². The highest BCUT2D eigenvalue weighted by atomic mass is 16.2. The van der Waals surface area contributed by atoms with Gasteiger partial charge in [-0.3, -0.25) is 9.59 Å². The molecule has 5 nitrogen and oxygen atoms in total. The van der Waals surface area contributed by atoms with Gasteiger partial charge in [-0.15, -0.1) is 0 Å². The topological polar surface area (TPSA) is 52.7 Å². The van der Waals surface area contributed by atoms with Gasteiger partial charge in [-0.2, -0.15) is 0 Å². The standard InChI is InChI=1S/C21H29N3O2/c25-20(15-22-17-8-4-5-9-17)23-10-12-24(13-11-23)21(26)19-14-18(19)16-6-2-1-3-7-16/h1-3,6-7,17-19,22H,4-5,8-15H2. The van der Waals surface area contributed by atoms with Gasteiger partial charge in [-0.1, -0.05) is 43.2 Å². The lowest BCUT2D eigenvalue weighted by Gasteiger charge is -2.35. The van der Waals surface area contributed by atoms with Crippen molar-refractivity contribution in [1.29, 1.82) is 0 Å². The molecule has 0 radical (unpaired) electrons. The number of hydrogen-bond donors (Lipinski definition) is 1. The molecule has 0 spiro atoms. The summed E-state index contributed by atoms with van der Waals surface area (Å²) in [6, 6.07) is 10.9. The van der Waals surface area contributed by atoms with E-state index in [2.05, 4.69) is 17.4 Å². The fraction of sp³-hybridized carbons (Fsp3) is 0.619. The lowest BCUT2D eigenvalue weighted by atomic mass is 10.1. The summed E-state index contributed by atoms with van der Waals surface area (Å²) in [5.41, 5.74) is 1.28. The first-order valence-corrected chi connectivity index (χ1v) is 10.1. The molecule has 1 aromatic rings. The van der Waals surface area contributed by atoms with Gasteiger partial charge in [0.1, 0.15) is 0 Å². The fourth-order valence-electron chi connectivity index (χ4n) is 4.42. The monoisotopic (exact) mass is 355 g/mol. The van der Waals surface area contributed by atoms with E-state index >= 15 is 0 Å². The Balaban J connectivity index is 1.21. The molecule has 3 aliphatic rings. The molecule has 0 bridgehead atoms. The van der Waals surface area contributed by atoms with Gasteiger partial charge in [0, 0.05) is 38.1 Å². The van der Waals surface area contributed by atoms with Gasteiger partial charge < -0.3 is 15.1 Å². The molecule has 140 valence electrons. The molecule has 2 aliphatic carbocycles. The number of piperazine rings is 1. The Labute approximate surface area is 155 Å². The summed E-state index contributed by atoms with van der Waals surface area (Å²) < 4.78 is 0. The van der Waals surface area contributed by atoms with Crippen molar-refractivity contribution in [3.05, 3.63) is 35.9 Å². The molecule has 1 aromatic carbocycles. The zero-order valence-corrected chi connectivity index (χ0v) is 15.4. The molecular formula is C21H29N3O2. The van der Waals surface area contributed by atoms with Gasteiger partial charge in [0.25, 0.3) is 0 Å². The maximum Gasteiger partial charge on any atom is 0.236 e. The van der Waals surface area contributed by atoms with Crippen LogP contribution < -0.4 is 5.32 Å². The van der Waals surface area contributed by atoms with E-state index in [4.69, 9.17) is 0 Å². The Hall–Kier alpha value is -1.88. The molecule has 5 heteroatoms. The second kappa shape index (κ2) is 7.78. The molecule has 1 aliphatic heterocycles. The normalized spacial score (nSPS) is 26.2. The summed E-state index contributed by atoms with van der Waals surface area (Å²) in [6.45, 7) is 3.12. The highest BCUT2D eigenvalue weighted by molar-refractivity contribution is 5.84. The second-order valence-corrected chi connectivity index (χ2v) is 7.93. The van der Waals surface area contributed by atoms with Crippen LogP contribution in [0.5, 0.6) is 0 Å². The third-order valence-corrected chi connectivity index (χ3v) is 6.18. The van der Waals surface area contributed by atoms with Crippen molar-refractivity contribution in [3.63, 3.8) is 0 Å². The quantitative estimate of drug-likeness (QED) is 0.879. The van der Waals surface area contributed by atoms with Gasteiger partial charge in [0.05, 0.1) is 6.54 Å². The van der Waals surface area contributed by atoms with E-state index in [1.165, 1.54) is 31.2 Å². The third kappa shape index (κ3) is 3.93. The second-order valence-electron chi connectivity index (χ2n) is 7.93. The van der Waals surface area contributed by atoms with Crippen LogP contribution in [0.15, 0.2) is 30.3 Å². The first-order valence-electron chi connectivity index (χ1n) is 10.1. The van der Waals surface area contributed by atoms with Crippen LogP contribution in [-0.4, -0.2) is 60.4 Å². The summed E-state index contributed by atoms with van der Waals surface area (Å²) in [6.07, 6.45) is 5.90. The molecular weight excluding hydrogens is 326 g/mol. The lowest BCUT2D eigenvalue weighted by Crippen LogP contribution is -2.53. The Kier molecular flexibility index (Phi) is 5.25. The van der Waals surface area contributed by atoms with Crippen molar-refractivity contribution in [1.82, 2.24) is 15.1 Å². The van der Waals surface area contributed by atoms with Crippen LogP contribution >= 0.6 is 0 Å². The molecule has 2 unspecified atom stereocenters. The molecule has 4 rings (SSSR count). The molecule has 26 heavy (non-hydrogen) atoms. The van der Waals surface area contributed by atoms with Crippen molar-refractivity contribution < 1.29 is 9.59 Å². The van der Waals surface area contributed by atoms with Gasteiger partial charge in [-0.25, -0.2) is 0 Å². The number of nitrogens with one attached hydrogen (secondary N) is 1. The van der Waals surface area contributed by atoms with Crippen molar-refractivity contribution in [3.8, 4) is 0 Å². The van der Waals surface area contributed by atoms with E-state index in [0.717, 1.165) is 6.42 Å². The minimum Gasteiger partial charge on any atom is -0.339 e. The van der Waals surface area contributed by atoms with Crippen LogP contribution in [0.25, 0.3) is 0 Å². The summed E-state index contributed by atoms with van der Waals surface area (Å²) in [5, 5.41) is 3.39. The number of carbonyl (C=O) groups is 2. The molecule has 2 atom stereocenters. The summed E-state index contributed by atoms with van der Waals surface area (Å²) in [4.78, 5) is 29.0. The maximum absolute atomic E-state index is 12.7. The largest absolute Gasteiger partial charge is 0.339 e. The van der Waals surface area contributed by atoms with Crippen LogP contribution in [0.2, 0.25) is 0 Å². The Morgan fingerprint density at radius 1 is 0.962 bits per heavy atom. The zero-order valence-electron chi connectivity index (χ0n) is 15.4. The van der Waals surface area contributed by atoms with Crippen LogP contribution in [-0.2, 0) is 9.59 Å². The Bertz CT molecular complexity index is 634. The number of hydrogen-bond acceptors (Lipinski definition) is 3. The van der Waals surface area contributed by atoms with Crippen LogP contribution in [0.1, 0.15) is 43.6 Å². The molecule has 1 heterocycles. The van der Waals surface area contributed by atoms with Crippen molar-refractivity contribution in [2.75, 3.05) is 32.7 Å². The van der Waals surface area contributed by atoms with E-state index < -0.39 is 0 Å². The number of benzene rings is 1. The first-order chi connectivity index (χ1) is 12.7. The average Bonchev–Trinajstić information content (AvgIpc) is 3.33. The zero-order chi connectivity index (χ0) is 17.9. The predicted molar refractivity (Wildman–Crippen MR) is 101 cm³/mol. The fourth-order valence-corrected chi connectivity index (χ4v) is 4.42. The highest BCUT2D eigenvalue weighted by Gasteiger charge is 2.46. The summed E-state index contributed by atoms with van der Waals surface area (Å²) >= 11 is 0. The highest BCUT2D eigenvalue weighted by Crippen LogP contribution is 2.48. The van der Waals surface area contributed by atoms with Crippen molar-refractivity contribution in [2.45, 2.75) is 44.1 Å². The SMILES string of the molecule is O=C(CNC1CCCC1)N1CCN(C(=O)C2CC2c2ccccc2)CC1. The number of carbonyl (C=O) groups excluding carboxylic acids is 2. The van der Waals surface area contributed by atoms with Crippen LogP contribution in [0, 0.1) is 5.92 Å². The summed E-state index contributed by atoms with van der Waals surface area (Å²) in [5.74, 6) is 0.982. The van der Waals surface area contributed by atoms with Crippen LogP contribution in [0.3, 0.4) is 0 Å². The smallest absolute Gasteiger partial charge is 0.236 e. The number of nitrogens with zero attached hydrogens (tertiary/aromatic N) is 2. The van der Waals surface area contributed by atoms with E-state index in [0.29, 0.717) is 44.7 Å². The van der Waals surface area contributed by atoms with Crippen molar-refractivity contribution >= 4 is 11.8 Å². The molecule has 0 aromatic heterocycles. The van der Waals surface area contributed by atoms with Gasteiger partial charge >= 0.3 is 0 Å². The summed E-state index contributed by atoms with van der Waals surface area (Å²) in [7, 11) is 0. The Morgan fingerprint density at radius 2 is 1.62 bits per heavy atom. The van der Waals surface area contributed by atoms with E-state index in [-0.39, 0.29) is 17.7 Å². The van der Waals surface area contributed by atoms with Crippen molar-refractivity contribution in [2.24, 2.45) is 5.92 Å². The molecule has 1 N–H and O–H groups in total. The molecule has 1 saturated heterocycles. The number of amides is 2. The minimum atomic E-state index is 0.142. The van der Waals surface area contributed by atoms with Gasteiger partial charge in [-0.05, 0) is 30.7 Å². The number of rotatable bonds is 5.